The highest BCUT2D eigenvalue weighted by Gasteiger charge is 2.30. The Labute approximate surface area is 514 Å². The zero-order chi connectivity index (χ0) is 61.8. The number of carbonyl (C=O) groups excluding carboxylic acids is 9. The van der Waals surface area contributed by atoms with E-state index >= 15 is 0 Å². The van der Waals surface area contributed by atoms with Crippen molar-refractivity contribution >= 4 is 65.8 Å². The lowest BCUT2D eigenvalue weighted by Gasteiger charge is -2.26. The molecule has 18 N–H and O–H groups in total. The first-order valence-electron chi connectivity index (χ1n) is 31.5. The van der Waals surface area contributed by atoms with Crippen LogP contribution < -0.4 is 90.8 Å². The van der Waals surface area contributed by atoms with Crippen molar-refractivity contribution in [3.8, 4) is 0 Å². The number of nitrogens with zero attached hydrogens (tertiary/aromatic N) is 4. The fourth-order valence-corrected chi connectivity index (χ4v) is 10.4. The summed E-state index contributed by atoms with van der Waals surface area (Å²) in [6.45, 7) is 19.3. The van der Waals surface area contributed by atoms with Gasteiger partial charge in [0.2, 0.25) is 53.2 Å². The van der Waals surface area contributed by atoms with Crippen molar-refractivity contribution in [1.82, 2.24) is 105 Å². The van der Waals surface area contributed by atoms with Crippen molar-refractivity contribution in [2.24, 2.45) is 5.73 Å². The maximum absolute atomic E-state index is 14.5. The second kappa shape index (κ2) is 46.2. The monoisotopic (exact) mass is 1240 g/mol. The van der Waals surface area contributed by atoms with E-state index in [1.54, 1.807) is 0 Å². The van der Waals surface area contributed by atoms with Crippen LogP contribution in [0.25, 0.3) is 0 Å². The van der Waals surface area contributed by atoms with Crippen molar-refractivity contribution in [2.45, 2.75) is 82.0 Å². The Balaban J connectivity index is 1.41. The molecule has 492 valence electrons. The van der Waals surface area contributed by atoms with Crippen molar-refractivity contribution in [3.05, 3.63) is 0 Å². The van der Waals surface area contributed by atoms with Crippen molar-refractivity contribution in [3.63, 3.8) is 0 Å². The minimum absolute atomic E-state index is 0.0246. The maximum Gasteiger partial charge on any atom is 0.243 e. The number of nitrogens with two attached hydrogens (primary N) is 1. The van der Waals surface area contributed by atoms with Crippen LogP contribution in [0.2, 0.25) is 0 Å². The molecular formula is C55H107N21O9S. The van der Waals surface area contributed by atoms with E-state index in [4.69, 9.17) is 5.73 Å². The molecule has 0 aliphatic carbocycles. The molecule has 0 bridgehead atoms. The van der Waals surface area contributed by atoms with Crippen LogP contribution in [0.15, 0.2) is 0 Å². The third-order valence-corrected chi connectivity index (χ3v) is 15.5. The first-order chi connectivity index (χ1) is 41.8. The van der Waals surface area contributed by atoms with Gasteiger partial charge in [0.1, 0.15) is 24.2 Å². The van der Waals surface area contributed by atoms with Crippen LogP contribution in [0.3, 0.4) is 0 Å². The van der Waals surface area contributed by atoms with Gasteiger partial charge in [0.05, 0.1) is 32.7 Å². The second-order valence-electron chi connectivity index (χ2n) is 22.3. The predicted octanol–water partition coefficient (Wildman–Crippen LogP) is -8.70. The first-order valence-corrected chi connectivity index (χ1v) is 32.2. The summed E-state index contributed by atoms with van der Waals surface area (Å²) < 4.78 is 0. The Kier molecular flexibility index (Phi) is 39.6. The highest BCUT2D eigenvalue weighted by atomic mass is 32.1. The molecule has 4 atom stereocenters. The summed E-state index contributed by atoms with van der Waals surface area (Å²) in [6, 6.07) is -4.38. The lowest BCUT2D eigenvalue weighted by atomic mass is 10.0. The molecule has 0 saturated carbocycles. The van der Waals surface area contributed by atoms with E-state index in [1.807, 2.05) is 9.80 Å². The van der Waals surface area contributed by atoms with Gasteiger partial charge in [-0.1, -0.05) is 0 Å². The van der Waals surface area contributed by atoms with Gasteiger partial charge in [0.15, 0.2) is 0 Å². The van der Waals surface area contributed by atoms with Crippen LogP contribution in [0.5, 0.6) is 0 Å². The summed E-state index contributed by atoms with van der Waals surface area (Å²) in [5.74, 6) is -4.25. The molecule has 4 fully saturated rings. The van der Waals surface area contributed by atoms with Gasteiger partial charge >= 0.3 is 0 Å². The fraction of sp³-hybridized carbons (Fsp3) is 0.836. The molecule has 4 aliphatic heterocycles. The zero-order valence-corrected chi connectivity index (χ0v) is 51.9. The van der Waals surface area contributed by atoms with E-state index in [0.29, 0.717) is 97.3 Å². The highest BCUT2D eigenvalue weighted by molar-refractivity contribution is 7.80. The lowest BCUT2D eigenvalue weighted by Crippen LogP contribution is -2.58. The van der Waals surface area contributed by atoms with E-state index in [9.17, 15) is 43.2 Å². The fourth-order valence-electron chi connectivity index (χ4n) is 10.1. The summed E-state index contributed by atoms with van der Waals surface area (Å²) >= 11 is 4.27. The van der Waals surface area contributed by atoms with E-state index in [-0.39, 0.29) is 80.9 Å². The molecule has 0 unspecified atom stereocenters. The molecule has 30 nitrogen and oxygen atoms in total. The molecule has 0 aromatic carbocycles. The summed E-state index contributed by atoms with van der Waals surface area (Å²) in [6.07, 6.45) is 3.27. The normalized spacial score (nSPS) is 19.4. The molecule has 31 heteroatoms. The summed E-state index contributed by atoms with van der Waals surface area (Å²) in [4.78, 5) is 129. The maximum atomic E-state index is 14.5. The number of carbonyl (C=O) groups is 9. The molecule has 4 aliphatic rings. The topological polar surface area (TPSA) is 385 Å². The van der Waals surface area contributed by atoms with Gasteiger partial charge in [0, 0.05) is 182 Å². The van der Waals surface area contributed by atoms with Gasteiger partial charge in [-0.05, 0) is 57.8 Å². The van der Waals surface area contributed by atoms with Crippen LogP contribution in [0.4, 0.5) is 0 Å². The van der Waals surface area contributed by atoms with E-state index < -0.39 is 54.3 Å². The Bertz CT molecular complexity index is 1970. The quantitative estimate of drug-likeness (QED) is 0.0210. The van der Waals surface area contributed by atoms with E-state index in [0.717, 1.165) is 118 Å². The molecule has 0 aromatic heterocycles. The van der Waals surface area contributed by atoms with Gasteiger partial charge in [-0.25, -0.2) is 0 Å². The van der Waals surface area contributed by atoms with Crippen molar-refractivity contribution in [2.75, 3.05) is 215 Å². The number of unbranched alkanes of at least 4 members (excludes halogenated alkanes) is 3. The number of amides is 9. The molecule has 0 spiro atoms. The van der Waals surface area contributed by atoms with Crippen LogP contribution >= 0.6 is 12.6 Å². The molecule has 4 rings (SSSR count). The third-order valence-electron chi connectivity index (χ3n) is 15.1. The van der Waals surface area contributed by atoms with Gasteiger partial charge in [-0.15, -0.1) is 0 Å². The molecule has 9 amide bonds. The Morgan fingerprint density at radius 1 is 0.337 bits per heavy atom. The highest BCUT2D eigenvalue weighted by Crippen LogP contribution is 2.09. The Hall–Kier alpha value is -4.90. The number of nitrogens with one attached hydrogen (secondary N) is 16. The summed E-state index contributed by atoms with van der Waals surface area (Å²) in [7, 11) is 0. The lowest BCUT2D eigenvalue weighted by molar-refractivity contribution is -0.134. The van der Waals surface area contributed by atoms with Gasteiger partial charge < -0.3 is 90.8 Å². The molecule has 86 heavy (non-hydrogen) atoms. The van der Waals surface area contributed by atoms with Crippen molar-refractivity contribution < 1.29 is 43.2 Å². The number of rotatable bonds is 34. The van der Waals surface area contributed by atoms with Crippen molar-refractivity contribution in [1.29, 1.82) is 0 Å². The Morgan fingerprint density at radius 2 is 0.616 bits per heavy atom. The molecular weight excluding hydrogens is 1130 g/mol. The van der Waals surface area contributed by atoms with Crippen LogP contribution in [-0.2, 0) is 43.2 Å². The predicted molar refractivity (Wildman–Crippen MR) is 333 cm³/mol. The van der Waals surface area contributed by atoms with Gasteiger partial charge in [-0.3, -0.25) is 62.8 Å². The van der Waals surface area contributed by atoms with Gasteiger partial charge in [0.25, 0.3) is 0 Å². The average molecular weight is 1240 g/mol. The largest absolute Gasteiger partial charge is 0.368 e. The molecule has 0 aromatic rings. The zero-order valence-electron chi connectivity index (χ0n) is 51.0. The van der Waals surface area contributed by atoms with E-state index in [2.05, 4.69) is 107 Å². The SMILES string of the molecule is NC(=O)CNC(=O)[C@H](CS)NC(=O)[C@H](CCCCNC(=O)[C@H](CCCCNC(=O)CN1CCNCCNCC1)NC(=O)CN1CCNCCNCC1)NC(=O)[C@H](CCCCNC(=O)CN1CCNCCNCC1)NC(=O)CN1CCNCCNCC1. The first kappa shape index (κ1) is 73.6. The number of primary amides is 1. The summed E-state index contributed by atoms with van der Waals surface area (Å²) in [5.41, 5.74) is 5.26. The standard InChI is InChI=1S/C55H107N21O9S/c56-47(77)37-68-53(83)46(42-86)72-55(85)45(71-54(84)44(70-51(81)41-76-35-27-63-19-20-64-28-36-76)8-2-5-11-66-49(79)39-74-31-23-59-15-16-60-24-32-74)9-3-6-12-67-52(82)43(69-50(80)40-75-33-25-61-17-18-62-26-34-75)7-1-4-10-65-48(78)38-73-29-21-57-13-14-58-22-30-73/h43-46,57-64,86H,1-42H2,(H2,56,77)(H,65,78)(H,66,79)(H,67,82)(H,68,83)(H,69,80)(H,70,81)(H,71,84)(H,72,85)/t43-,44-,45-,46-/m0/s1. The van der Waals surface area contributed by atoms with Crippen LogP contribution in [-0.4, -0.2) is 312 Å². The number of thiol groups is 1. The minimum atomic E-state index is -1.23. The van der Waals surface area contributed by atoms with E-state index in [1.165, 1.54) is 0 Å². The Morgan fingerprint density at radius 3 is 0.942 bits per heavy atom. The second-order valence-corrected chi connectivity index (χ2v) is 22.7. The molecule has 4 saturated heterocycles. The average Bonchev–Trinajstić information content (AvgIpc) is 3.99. The van der Waals surface area contributed by atoms with Gasteiger partial charge in [-0.2, -0.15) is 12.6 Å². The molecule has 4 heterocycles. The van der Waals surface area contributed by atoms with Crippen LogP contribution in [0.1, 0.15) is 57.8 Å². The third kappa shape index (κ3) is 34.6. The smallest absolute Gasteiger partial charge is 0.243 e. The summed E-state index contributed by atoms with van der Waals surface area (Å²) in [5, 5.41) is 49.5. The number of hydrogen-bond donors (Lipinski definition) is 18. The van der Waals surface area contributed by atoms with Crippen LogP contribution in [0, 0.1) is 0 Å². The minimum Gasteiger partial charge on any atom is -0.368 e. The number of hydrogen-bond acceptors (Lipinski definition) is 22. The molecule has 0 radical (unpaired) electrons.